The number of anilines is 2. The first-order valence-electron chi connectivity index (χ1n) is 17.6. The first-order valence-corrected chi connectivity index (χ1v) is 17.6. The van der Waals surface area contributed by atoms with Crippen LogP contribution in [0, 0.1) is 0 Å². The molecule has 0 bridgehead atoms. The lowest BCUT2D eigenvalue weighted by molar-refractivity contribution is -0.130. The SMILES string of the molecule is CN(CCCCC(=O)Nc1ccc(CNC[C@@H](O)c2ccc(O)c3[nH]c(=O)ccc23)cc1)C(=O)CCCc1ccc(-c2ccccc2)c(NC(=O)O)c1. The van der Waals surface area contributed by atoms with E-state index in [-0.39, 0.29) is 35.2 Å². The highest BCUT2D eigenvalue weighted by Crippen LogP contribution is 2.30. The molecule has 5 rings (SSSR count). The van der Waals surface area contributed by atoms with Crippen LogP contribution in [0.1, 0.15) is 54.9 Å². The van der Waals surface area contributed by atoms with Crippen molar-refractivity contribution in [1.29, 1.82) is 0 Å². The summed E-state index contributed by atoms with van der Waals surface area (Å²) in [6.45, 7) is 1.28. The van der Waals surface area contributed by atoms with Crippen molar-refractivity contribution in [1.82, 2.24) is 15.2 Å². The summed E-state index contributed by atoms with van der Waals surface area (Å²) in [6.07, 6.45) is 1.27. The summed E-state index contributed by atoms with van der Waals surface area (Å²) >= 11 is 0. The second kappa shape index (κ2) is 18.5. The Morgan fingerprint density at radius 2 is 1.58 bits per heavy atom. The van der Waals surface area contributed by atoms with E-state index in [1.807, 2.05) is 72.8 Å². The molecule has 0 aliphatic rings. The van der Waals surface area contributed by atoms with Crippen LogP contribution in [0.2, 0.25) is 0 Å². The number of aliphatic hydroxyl groups is 1. The molecule has 0 spiro atoms. The normalized spacial score (nSPS) is 11.6. The Balaban J connectivity index is 0.974. The van der Waals surface area contributed by atoms with Crippen molar-refractivity contribution in [3.8, 4) is 16.9 Å². The molecule has 7 N–H and O–H groups in total. The number of fused-ring (bicyclic) bond motifs is 1. The lowest BCUT2D eigenvalue weighted by Gasteiger charge is -2.17. The van der Waals surface area contributed by atoms with Crippen LogP contribution in [0.3, 0.4) is 0 Å². The second-order valence-corrected chi connectivity index (χ2v) is 13.0. The number of hydrogen-bond donors (Lipinski definition) is 7. The van der Waals surface area contributed by atoms with Gasteiger partial charge in [0.05, 0.1) is 17.3 Å². The number of amides is 3. The topological polar surface area (TPSA) is 184 Å². The van der Waals surface area contributed by atoms with Gasteiger partial charge in [-0.2, -0.15) is 0 Å². The molecular formula is C41H45N5O7. The number of nitrogens with one attached hydrogen (secondary N) is 4. The van der Waals surface area contributed by atoms with Gasteiger partial charge >= 0.3 is 6.09 Å². The van der Waals surface area contributed by atoms with Gasteiger partial charge < -0.3 is 35.8 Å². The third-order valence-corrected chi connectivity index (χ3v) is 9.01. The minimum absolute atomic E-state index is 0.0229. The van der Waals surface area contributed by atoms with Crippen molar-refractivity contribution in [3.05, 3.63) is 124 Å². The average Bonchev–Trinajstić information content (AvgIpc) is 3.14. The van der Waals surface area contributed by atoms with Crippen LogP contribution < -0.4 is 21.5 Å². The van der Waals surface area contributed by atoms with Gasteiger partial charge in [-0.15, -0.1) is 0 Å². The number of H-pyrrole nitrogens is 1. The highest BCUT2D eigenvalue weighted by molar-refractivity contribution is 5.91. The third-order valence-electron chi connectivity index (χ3n) is 9.01. The van der Waals surface area contributed by atoms with E-state index in [1.54, 1.807) is 24.1 Å². The summed E-state index contributed by atoms with van der Waals surface area (Å²) in [4.78, 5) is 52.6. The number of carboxylic acid groups (broad SMARTS) is 1. The predicted octanol–water partition coefficient (Wildman–Crippen LogP) is 6.40. The van der Waals surface area contributed by atoms with Gasteiger partial charge in [-0.3, -0.25) is 19.7 Å². The minimum atomic E-state index is -1.13. The zero-order valence-corrected chi connectivity index (χ0v) is 29.6. The van der Waals surface area contributed by atoms with Crippen molar-refractivity contribution in [2.75, 3.05) is 30.8 Å². The van der Waals surface area contributed by atoms with E-state index >= 15 is 0 Å². The first kappa shape index (κ1) is 38.3. The molecule has 3 amide bonds. The Kier molecular flexibility index (Phi) is 13.3. The van der Waals surface area contributed by atoms with E-state index in [0.717, 1.165) is 22.3 Å². The van der Waals surface area contributed by atoms with Crippen LogP contribution in [0.15, 0.2) is 102 Å². The molecule has 5 aromatic rings. The van der Waals surface area contributed by atoms with Gasteiger partial charge in [0.15, 0.2) is 0 Å². The van der Waals surface area contributed by atoms with Gasteiger partial charge in [-0.25, -0.2) is 4.79 Å². The molecule has 12 heteroatoms. The number of nitrogens with zero attached hydrogens (tertiary/aromatic N) is 1. The standard InChI is InChI=1S/C41H45N5O7/c1-46(39(51)12-7-8-27-15-18-31(29-9-3-2-4-10-29)34(24-27)44-41(52)53)23-6-5-11-37(49)43-30-16-13-28(14-17-30)25-42-26-36(48)32-19-21-35(47)40-33(32)20-22-38(50)45-40/h2-4,9-10,13-22,24,36,42,44,47-48H,5-8,11-12,23,25-26H2,1H3,(H,43,49)(H,45,50)(H,52,53)/t36-/m1/s1. The van der Waals surface area contributed by atoms with Gasteiger partial charge in [0.25, 0.3) is 0 Å². The summed E-state index contributed by atoms with van der Waals surface area (Å²) in [7, 11) is 1.77. The van der Waals surface area contributed by atoms with E-state index in [9.17, 15) is 34.5 Å². The van der Waals surface area contributed by atoms with E-state index in [2.05, 4.69) is 20.9 Å². The highest BCUT2D eigenvalue weighted by atomic mass is 16.4. The zero-order valence-electron chi connectivity index (χ0n) is 29.6. The second-order valence-electron chi connectivity index (χ2n) is 13.0. The van der Waals surface area contributed by atoms with E-state index in [4.69, 9.17) is 0 Å². The first-order chi connectivity index (χ1) is 25.6. The van der Waals surface area contributed by atoms with Crippen LogP contribution >= 0.6 is 0 Å². The molecule has 53 heavy (non-hydrogen) atoms. The van der Waals surface area contributed by atoms with Gasteiger partial charge in [-0.1, -0.05) is 60.7 Å². The monoisotopic (exact) mass is 719 g/mol. The van der Waals surface area contributed by atoms with Crippen LogP contribution in [-0.4, -0.2) is 63.2 Å². The fourth-order valence-electron chi connectivity index (χ4n) is 6.17. The van der Waals surface area contributed by atoms with Crippen LogP contribution in [0.5, 0.6) is 5.75 Å². The maximum Gasteiger partial charge on any atom is 0.409 e. The zero-order chi connectivity index (χ0) is 37.7. The number of pyridine rings is 1. The van der Waals surface area contributed by atoms with Gasteiger partial charge in [-0.05, 0) is 78.3 Å². The molecule has 0 saturated carbocycles. The van der Waals surface area contributed by atoms with E-state index < -0.39 is 12.2 Å². The van der Waals surface area contributed by atoms with Crippen molar-refractivity contribution >= 4 is 40.2 Å². The highest BCUT2D eigenvalue weighted by Gasteiger charge is 2.15. The molecule has 1 aromatic heterocycles. The molecule has 0 saturated heterocycles. The van der Waals surface area contributed by atoms with Crippen molar-refractivity contribution in [3.63, 3.8) is 0 Å². The number of phenolic OH excluding ortho intramolecular Hbond substituents is 1. The summed E-state index contributed by atoms with van der Waals surface area (Å²) < 4.78 is 0. The molecule has 0 radical (unpaired) electrons. The number of aliphatic hydroxyl groups excluding tert-OH is 1. The number of aromatic hydroxyl groups is 1. The molecule has 276 valence electrons. The van der Waals surface area contributed by atoms with Crippen molar-refractivity contribution < 1.29 is 29.7 Å². The number of phenols is 1. The van der Waals surface area contributed by atoms with Crippen molar-refractivity contribution in [2.24, 2.45) is 0 Å². The number of hydrogen-bond acceptors (Lipinski definition) is 7. The van der Waals surface area contributed by atoms with E-state index in [0.29, 0.717) is 73.9 Å². The number of rotatable bonds is 17. The largest absolute Gasteiger partial charge is 0.506 e. The maximum atomic E-state index is 12.7. The number of aromatic nitrogens is 1. The number of benzene rings is 4. The smallest absolute Gasteiger partial charge is 0.409 e. The number of unbranched alkanes of at least 4 members (excludes halogenated alkanes) is 1. The molecule has 0 unspecified atom stereocenters. The van der Waals surface area contributed by atoms with Crippen LogP contribution in [0.25, 0.3) is 22.0 Å². The van der Waals surface area contributed by atoms with Gasteiger partial charge in [0.1, 0.15) is 5.75 Å². The lowest BCUT2D eigenvalue weighted by Crippen LogP contribution is -2.27. The molecular weight excluding hydrogens is 674 g/mol. The van der Waals surface area contributed by atoms with E-state index in [1.165, 1.54) is 12.1 Å². The predicted molar refractivity (Wildman–Crippen MR) is 206 cm³/mol. The molecule has 0 aliphatic heterocycles. The number of carbonyl (C=O) groups is 3. The quantitative estimate of drug-likeness (QED) is 0.0538. The number of aromatic amines is 1. The average molecular weight is 720 g/mol. The summed E-state index contributed by atoms with van der Waals surface area (Å²) in [5.74, 6) is -0.144. The van der Waals surface area contributed by atoms with Gasteiger partial charge in [0, 0.05) is 62.2 Å². The number of aryl methyl sites for hydroxylation is 1. The Morgan fingerprint density at radius 1 is 0.830 bits per heavy atom. The molecule has 4 aromatic carbocycles. The number of carbonyl (C=O) groups excluding carboxylic acids is 2. The maximum absolute atomic E-state index is 12.7. The molecule has 12 nitrogen and oxygen atoms in total. The van der Waals surface area contributed by atoms with Crippen LogP contribution in [-0.2, 0) is 22.6 Å². The molecule has 0 aliphatic carbocycles. The Labute approximate surface area is 307 Å². The van der Waals surface area contributed by atoms with Crippen LogP contribution in [0.4, 0.5) is 16.2 Å². The fourth-order valence-corrected chi connectivity index (χ4v) is 6.17. The minimum Gasteiger partial charge on any atom is -0.506 e. The Hall–Kier alpha value is -5.98. The Morgan fingerprint density at radius 3 is 2.34 bits per heavy atom. The molecule has 1 heterocycles. The van der Waals surface area contributed by atoms with Gasteiger partial charge in [0.2, 0.25) is 17.4 Å². The van der Waals surface area contributed by atoms with Crippen molar-refractivity contribution in [2.45, 2.75) is 51.2 Å². The molecule has 0 fully saturated rings. The fraction of sp³-hybridized carbons (Fsp3) is 0.268. The summed E-state index contributed by atoms with van der Waals surface area (Å²) in [5, 5.41) is 39.4. The summed E-state index contributed by atoms with van der Waals surface area (Å²) in [5.41, 5.74) is 5.33. The summed E-state index contributed by atoms with van der Waals surface area (Å²) in [6, 6.07) is 28.7. The molecule has 1 atom stereocenters. The lowest BCUT2D eigenvalue weighted by atomic mass is 9.99. The third kappa shape index (κ3) is 11.0. The Bertz CT molecular complexity index is 2080.